The highest BCUT2D eigenvalue weighted by Gasteiger charge is 2.27. The van der Waals surface area contributed by atoms with E-state index < -0.39 is 18.2 Å². The van der Waals surface area contributed by atoms with Gasteiger partial charge in [-0.2, -0.15) is 4.99 Å². The molecule has 0 aromatic heterocycles. The Morgan fingerprint density at radius 2 is 2.12 bits per heavy atom. The molecule has 5 nitrogen and oxygen atoms in total. The van der Waals surface area contributed by atoms with Gasteiger partial charge in [0.15, 0.2) is 6.10 Å². The van der Waals surface area contributed by atoms with Gasteiger partial charge in [-0.15, -0.1) is 0 Å². The minimum Gasteiger partial charge on any atom is -0.467 e. The molecule has 6 heteroatoms. The van der Waals surface area contributed by atoms with Crippen LogP contribution in [-0.2, 0) is 9.53 Å². The first-order valence-electron chi connectivity index (χ1n) is 4.72. The zero-order chi connectivity index (χ0) is 12.8. The van der Waals surface area contributed by atoms with Crippen LogP contribution in [0, 0.1) is 0 Å². The first-order valence-corrected chi connectivity index (χ1v) is 5.13. The Morgan fingerprint density at radius 3 is 2.71 bits per heavy atom. The van der Waals surface area contributed by atoms with Crippen LogP contribution in [0.4, 0.5) is 5.69 Å². The minimum absolute atomic E-state index is 0.280. The highest BCUT2D eigenvalue weighted by molar-refractivity contribution is 7.78. The van der Waals surface area contributed by atoms with Crippen LogP contribution in [0.15, 0.2) is 29.3 Å². The smallest absolute Gasteiger partial charge is 0.337 e. The Balaban J connectivity index is 3.07. The van der Waals surface area contributed by atoms with Crippen LogP contribution in [0.1, 0.15) is 11.7 Å². The molecule has 1 aromatic carbocycles. The van der Waals surface area contributed by atoms with Gasteiger partial charge in [-0.1, -0.05) is 18.2 Å². The summed E-state index contributed by atoms with van der Waals surface area (Å²) in [5.41, 5.74) is 0.626. The predicted octanol–water partition coefficient (Wildman–Crippen LogP) is 0.988. The van der Waals surface area contributed by atoms with E-state index in [1.54, 1.807) is 18.2 Å². The van der Waals surface area contributed by atoms with Gasteiger partial charge >= 0.3 is 5.97 Å². The Bertz CT molecular complexity index is 457. The van der Waals surface area contributed by atoms with E-state index in [0.717, 1.165) is 7.11 Å². The summed E-state index contributed by atoms with van der Waals surface area (Å²) in [7, 11) is 1.12. The number of carbonyl (C=O) groups is 1. The van der Waals surface area contributed by atoms with Crippen molar-refractivity contribution in [1.82, 2.24) is 0 Å². The van der Waals surface area contributed by atoms with Crippen LogP contribution in [-0.4, -0.2) is 34.6 Å². The largest absolute Gasteiger partial charge is 0.467 e. The zero-order valence-corrected chi connectivity index (χ0v) is 9.85. The zero-order valence-electron chi connectivity index (χ0n) is 9.03. The van der Waals surface area contributed by atoms with Gasteiger partial charge in [-0.25, -0.2) is 4.79 Å². The molecule has 1 rings (SSSR count). The van der Waals surface area contributed by atoms with Crippen molar-refractivity contribution in [2.75, 3.05) is 7.11 Å². The molecule has 0 radical (unpaired) electrons. The van der Waals surface area contributed by atoms with E-state index in [9.17, 15) is 15.0 Å². The average Bonchev–Trinajstić information content (AvgIpc) is 2.37. The Kier molecular flexibility index (Phi) is 4.93. The third kappa shape index (κ3) is 3.18. The van der Waals surface area contributed by atoms with Gasteiger partial charge in [0.25, 0.3) is 0 Å². The SMILES string of the molecule is COC(=O)C(O)C(O)c1ccccc1N=C=S. The number of aliphatic imine (C=N–C) groups is 1. The number of aliphatic hydroxyl groups excluding tert-OH is 2. The summed E-state index contributed by atoms with van der Waals surface area (Å²) in [6.45, 7) is 0. The molecular formula is C11H11NO4S. The quantitative estimate of drug-likeness (QED) is 0.475. The number of esters is 1. The third-order valence-corrected chi connectivity index (χ3v) is 2.25. The van der Waals surface area contributed by atoms with Crippen molar-refractivity contribution >= 4 is 29.0 Å². The molecule has 2 atom stereocenters. The van der Waals surface area contributed by atoms with Gasteiger partial charge in [-0.05, 0) is 18.3 Å². The second-order valence-corrected chi connectivity index (χ2v) is 3.36. The van der Waals surface area contributed by atoms with Crippen molar-refractivity contribution in [3.63, 3.8) is 0 Å². The van der Waals surface area contributed by atoms with E-state index in [0.29, 0.717) is 5.69 Å². The second-order valence-electron chi connectivity index (χ2n) is 3.17. The predicted molar refractivity (Wildman–Crippen MR) is 64.1 cm³/mol. The Morgan fingerprint density at radius 1 is 1.47 bits per heavy atom. The number of hydrogen-bond acceptors (Lipinski definition) is 6. The highest BCUT2D eigenvalue weighted by Crippen LogP contribution is 2.27. The number of aliphatic hydroxyl groups is 2. The van der Waals surface area contributed by atoms with Crippen molar-refractivity contribution < 1.29 is 19.7 Å². The molecule has 0 aliphatic carbocycles. The monoisotopic (exact) mass is 253 g/mol. The lowest BCUT2D eigenvalue weighted by atomic mass is 10.0. The molecule has 17 heavy (non-hydrogen) atoms. The van der Waals surface area contributed by atoms with E-state index in [1.807, 2.05) is 0 Å². The highest BCUT2D eigenvalue weighted by atomic mass is 32.1. The molecule has 0 bridgehead atoms. The van der Waals surface area contributed by atoms with Crippen LogP contribution in [0.2, 0.25) is 0 Å². The number of rotatable bonds is 4. The van der Waals surface area contributed by atoms with Crippen LogP contribution in [0.3, 0.4) is 0 Å². The molecule has 0 spiro atoms. The normalized spacial score (nSPS) is 13.4. The molecule has 2 unspecified atom stereocenters. The van der Waals surface area contributed by atoms with Crippen LogP contribution in [0.25, 0.3) is 0 Å². The van der Waals surface area contributed by atoms with Crippen LogP contribution >= 0.6 is 12.2 Å². The minimum atomic E-state index is -1.67. The van der Waals surface area contributed by atoms with Crippen molar-refractivity contribution in [1.29, 1.82) is 0 Å². The lowest BCUT2D eigenvalue weighted by molar-refractivity contribution is -0.156. The summed E-state index contributed by atoms with van der Waals surface area (Å²) in [5, 5.41) is 21.5. The molecular weight excluding hydrogens is 242 g/mol. The van der Waals surface area contributed by atoms with Gasteiger partial charge in [0.2, 0.25) is 0 Å². The molecule has 2 N–H and O–H groups in total. The molecule has 1 aromatic rings. The van der Waals surface area contributed by atoms with Crippen LogP contribution in [0.5, 0.6) is 0 Å². The van der Waals surface area contributed by atoms with Gasteiger partial charge < -0.3 is 14.9 Å². The van der Waals surface area contributed by atoms with E-state index in [2.05, 4.69) is 27.1 Å². The van der Waals surface area contributed by atoms with Crippen molar-refractivity contribution in [2.45, 2.75) is 12.2 Å². The molecule has 0 heterocycles. The summed E-state index contributed by atoms with van der Waals surface area (Å²) in [6, 6.07) is 6.45. The summed E-state index contributed by atoms with van der Waals surface area (Å²) in [4.78, 5) is 14.8. The molecule has 0 fully saturated rings. The average molecular weight is 253 g/mol. The van der Waals surface area contributed by atoms with E-state index >= 15 is 0 Å². The van der Waals surface area contributed by atoms with Crippen molar-refractivity contribution in [3.8, 4) is 0 Å². The molecule has 0 aliphatic heterocycles. The maximum Gasteiger partial charge on any atom is 0.337 e. The summed E-state index contributed by atoms with van der Waals surface area (Å²) >= 11 is 4.47. The number of isothiocyanates is 1. The maximum absolute atomic E-state index is 11.1. The fourth-order valence-electron chi connectivity index (χ4n) is 1.31. The second kappa shape index (κ2) is 6.22. The molecule has 0 amide bonds. The Hall–Kier alpha value is -1.59. The standard InChI is InChI=1S/C11H11NO4S/c1-16-11(15)10(14)9(13)7-4-2-3-5-8(7)12-6-17/h2-5,9-10,13-14H,1H3. The van der Waals surface area contributed by atoms with E-state index in [4.69, 9.17) is 0 Å². The molecule has 90 valence electrons. The first-order chi connectivity index (χ1) is 8.11. The van der Waals surface area contributed by atoms with Gasteiger partial charge in [0, 0.05) is 5.56 Å². The number of carbonyl (C=O) groups excluding carboxylic acids is 1. The lowest BCUT2D eigenvalue weighted by Crippen LogP contribution is -2.29. The number of methoxy groups -OCH3 is 1. The molecule has 0 saturated heterocycles. The van der Waals surface area contributed by atoms with Crippen LogP contribution < -0.4 is 0 Å². The lowest BCUT2D eigenvalue weighted by Gasteiger charge is -2.17. The number of benzene rings is 1. The topological polar surface area (TPSA) is 79.1 Å². The Labute approximate surface area is 103 Å². The van der Waals surface area contributed by atoms with Gasteiger partial charge in [-0.3, -0.25) is 0 Å². The fraction of sp³-hybridized carbons (Fsp3) is 0.273. The number of hydrogen-bond donors (Lipinski definition) is 2. The van der Waals surface area contributed by atoms with Gasteiger partial charge in [0.05, 0.1) is 18.0 Å². The van der Waals surface area contributed by atoms with Gasteiger partial charge in [0.1, 0.15) is 6.10 Å². The van der Waals surface area contributed by atoms with E-state index in [1.165, 1.54) is 6.07 Å². The molecule has 0 aliphatic rings. The number of thiocarbonyl (C=S) groups is 1. The number of nitrogens with zero attached hydrogens (tertiary/aromatic N) is 1. The van der Waals surface area contributed by atoms with Crippen molar-refractivity contribution in [3.05, 3.63) is 29.8 Å². The third-order valence-electron chi connectivity index (χ3n) is 2.16. The summed E-state index contributed by atoms with van der Waals surface area (Å²) in [5.74, 6) is -0.918. The fourth-order valence-corrected chi connectivity index (χ4v) is 1.41. The number of ether oxygens (including phenoxy) is 1. The summed E-state index contributed by atoms with van der Waals surface area (Å²) < 4.78 is 4.34. The molecule has 0 saturated carbocycles. The number of para-hydroxylation sites is 1. The maximum atomic E-state index is 11.1. The van der Waals surface area contributed by atoms with E-state index in [-0.39, 0.29) is 5.56 Å². The first kappa shape index (κ1) is 13.5. The van der Waals surface area contributed by atoms with Crippen molar-refractivity contribution in [2.24, 2.45) is 4.99 Å². The summed E-state index contributed by atoms with van der Waals surface area (Å²) in [6.07, 6.45) is -3.09.